The molecule has 0 amide bonds. The zero-order chi connectivity index (χ0) is 9.36. The van der Waals surface area contributed by atoms with E-state index in [1.165, 1.54) is 51.6 Å². The Morgan fingerprint density at radius 2 is 1.86 bits per heavy atom. The summed E-state index contributed by atoms with van der Waals surface area (Å²) in [5, 5.41) is 0. The molecule has 3 heteroatoms. The van der Waals surface area contributed by atoms with Crippen molar-refractivity contribution in [3.8, 4) is 0 Å². The maximum Gasteiger partial charge on any atom is 0.183 e. The Morgan fingerprint density at radius 3 is 2.50 bits per heavy atom. The van der Waals surface area contributed by atoms with Crippen molar-refractivity contribution in [2.24, 2.45) is 4.99 Å². The number of nitrogens with zero attached hydrogens (tertiary/aromatic N) is 1. The Bertz CT molecular complexity index is 148. The maximum absolute atomic E-state index is 4.23. The lowest BCUT2D eigenvalue weighted by molar-refractivity contribution is -0.791. The summed E-state index contributed by atoms with van der Waals surface area (Å²) in [4.78, 5) is 5.81. The van der Waals surface area contributed by atoms with Gasteiger partial charge in [0.25, 0.3) is 0 Å². The Labute approximate surface area is 94.2 Å². The monoisotopic (exact) mass is 218 g/mol. The molecular formula is C11H23ClN2. The molecule has 1 rings (SSSR count). The van der Waals surface area contributed by atoms with Gasteiger partial charge in [-0.1, -0.05) is 32.6 Å². The van der Waals surface area contributed by atoms with Gasteiger partial charge in [-0.25, -0.2) is 4.99 Å². The second-order valence-electron chi connectivity index (χ2n) is 3.96. The molecular weight excluding hydrogens is 196 g/mol. The summed E-state index contributed by atoms with van der Waals surface area (Å²) in [6.45, 7) is 5.85. The van der Waals surface area contributed by atoms with Crippen LogP contribution in [0.3, 0.4) is 0 Å². The minimum absolute atomic E-state index is 0. The van der Waals surface area contributed by atoms with E-state index in [4.69, 9.17) is 0 Å². The molecule has 0 radical (unpaired) electrons. The zero-order valence-electron chi connectivity index (χ0n) is 9.27. The first-order chi connectivity index (χ1) is 6.43. The normalized spacial score (nSPS) is 19.6. The van der Waals surface area contributed by atoms with Gasteiger partial charge in [0, 0.05) is 0 Å². The minimum atomic E-state index is 0. The number of aliphatic imine (C=N–C) groups is 1. The lowest BCUT2D eigenvalue weighted by Gasteiger charge is -2.07. The third-order valence-electron chi connectivity index (χ3n) is 2.69. The predicted octanol–water partition coefficient (Wildman–Crippen LogP) is -1.72. The smallest absolute Gasteiger partial charge is 0.183 e. The van der Waals surface area contributed by atoms with Crippen LogP contribution in [0.25, 0.3) is 0 Å². The van der Waals surface area contributed by atoms with Crippen LogP contribution in [0.5, 0.6) is 0 Å². The average Bonchev–Trinajstić information content (AvgIpc) is 2.63. The van der Waals surface area contributed by atoms with E-state index in [0.29, 0.717) is 0 Å². The summed E-state index contributed by atoms with van der Waals surface area (Å²) >= 11 is 0. The molecule has 84 valence electrons. The summed E-state index contributed by atoms with van der Waals surface area (Å²) in [5.74, 6) is 0. The number of hydrogen-bond acceptors (Lipinski definition) is 1. The molecule has 0 saturated carbocycles. The fourth-order valence-corrected chi connectivity index (χ4v) is 1.79. The highest BCUT2D eigenvalue weighted by Crippen LogP contribution is 2.03. The van der Waals surface area contributed by atoms with Crippen LogP contribution in [0.15, 0.2) is 4.99 Å². The molecule has 0 aromatic rings. The topological polar surface area (TPSA) is 16.8 Å². The van der Waals surface area contributed by atoms with Gasteiger partial charge in [0.15, 0.2) is 6.34 Å². The molecule has 0 bridgehead atoms. The molecule has 1 heterocycles. The number of halogens is 1. The molecule has 0 spiro atoms. The second-order valence-corrected chi connectivity index (χ2v) is 3.96. The molecule has 2 nitrogen and oxygen atoms in total. The molecule has 1 unspecified atom stereocenters. The summed E-state index contributed by atoms with van der Waals surface area (Å²) in [6.07, 6.45) is 10.5. The van der Waals surface area contributed by atoms with E-state index in [0.717, 1.165) is 6.54 Å². The van der Waals surface area contributed by atoms with Crippen LogP contribution in [0.4, 0.5) is 0 Å². The minimum Gasteiger partial charge on any atom is -1.00 e. The van der Waals surface area contributed by atoms with Crippen LogP contribution < -0.4 is 17.3 Å². The maximum atomic E-state index is 4.23. The number of unbranched alkanes of at least 4 members (excludes halogenated alkanes) is 5. The molecule has 0 aromatic carbocycles. The number of hydrogen-bond donors (Lipinski definition) is 1. The van der Waals surface area contributed by atoms with Crippen molar-refractivity contribution in [2.75, 3.05) is 19.6 Å². The van der Waals surface area contributed by atoms with Gasteiger partial charge in [0.2, 0.25) is 0 Å². The van der Waals surface area contributed by atoms with Gasteiger partial charge in [-0.3, -0.25) is 4.90 Å². The fraction of sp³-hybridized carbons (Fsp3) is 0.909. The van der Waals surface area contributed by atoms with Gasteiger partial charge < -0.3 is 12.4 Å². The van der Waals surface area contributed by atoms with Gasteiger partial charge >= 0.3 is 0 Å². The quantitative estimate of drug-likeness (QED) is 0.490. The summed E-state index contributed by atoms with van der Waals surface area (Å²) < 4.78 is 0. The molecule has 1 atom stereocenters. The summed E-state index contributed by atoms with van der Waals surface area (Å²) in [7, 11) is 0. The first kappa shape index (κ1) is 13.9. The van der Waals surface area contributed by atoms with E-state index in [1.807, 2.05) is 0 Å². The zero-order valence-corrected chi connectivity index (χ0v) is 10.0. The van der Waals surface area contributed by atoms with E-state index in [2.05, 4.69) is 18.3 Å². The fourth-order valence-electron chi connectivity index (χ4n) is 1.79. The molecule has 0 aliphatic carbocycles. The molecule has 0 aromatic heterocycles. The van der Waals surface area contributed by atoms with E-state index in [-0.39, 0.29) is 12.4 Å². The first-order valence-electron chi connectivity index (χ1n) is 5.78. The number of rotatable bonds is 7. The second kappa shape index (κ2) is 9.47. The average molecular weight is 219 g/mol. The van der Waals surface area contributed by atoms with Crippen molar-refractivity contribution in [3.05, 3.63) is 0 Å². The van der Waals surface area contributed by atoms with Gasteiger partial charge in [0.1, 0.15) is 6.54 Å². The number of nitrogens with one attached hydrogen (secondary N) is 1. The van der Waals surface area contributed by atoms with Gasteiger partial charge in [-0.2, -0.15) is 0 Å². The van der Waals surface area contributed by atoms with Crippen LogP contribution in [0.2, 0.25) is 0 Å². The Balaban J connectivity index is 0.00000169. The molecule has 0 saturated heterocycles. The van der Waals surface area contributed by atoms with E-state index in [1.54, 1.807) is 4.90 Å². The molecule has 14 heavy (non-hydrogen) atoms. The van der Waals surface area contributed by atoms with Gasteiger partial charge in [-0.15, -0.1) is 0 Å². The van der Waals surface area contributed by atoms with Gasteiger partial charge in [-0.05, 0) is 12.8 Å². The highest BCUT2D eigenvalue weighted by atomic mass is 35.5. The number of quaternary nitrogens is 1. The Morgan fingerprint density at radius 1 is 1.14 bits per heavy atom. The molecule has 0 fully saturated rings. The summed E-state index contributed by atoms with van der Waals surface area (Å²) in [6, 6.07) is 0. The first-order valence-corrected chi connectivity index (χ1v) is 5.78. The van der Waals surface area contributed by atoms with Crippen molar-refractivity contribution in [2.45, 2.75) is 45.4 Å². The molecule has 1 N–H and O–H groups in total. The van der Waals surface area contributed by atoms with Crippen molar-refractivity contribution in [1.82, 2.24) is 0 Å². The van der Waals surface area contributed by atoms with E-state index in [9.17, 15) is 0 Å². The van der Waals surface area contributed by atoms with Crippen LogP contribution in [-0.2, 0) is 0 Å². The SMILES string of the molecule is CCCCCCCC[NH+]1C=NCC1.[Cl-]. The highest BCUT2D eigenvalue weighted by molar-refractivity contribution is 5.44. The Kier molecular flexibility index (Phi) is 9.42. The third-order valence-corrected chi connectivity index (χ3v) is 2.69. The lowest BCUT2D eigenvalue weighted by Crippen LogP contribution is -3.09. The highest BCUT2D eigenvalue weighted by Gasteiger charge is 2.08. The third kappa shape index (κ3) is 6.39. The van der Waals surface area contributed by atoms with Crippen LogP contribution in [0.1, 0.15) is 45.4 Å². The van der Waals surface area contributed by atoms with Crippen molar-refractivity contribution in [1.29, 1.82) is 0 Å². The van der Waals surface area contributed by atoms with Crippen LogP contribution >= 0.6 is 0 Å². The largest absolute Gasteiger partial charge is 1.00 e. The summed E-state index contributed by atoms with van der Waals surface area (Å²) in [5.41, 5.74) is 0. The standard InChI is InChI=1S/C11H22N2.ClH/c1-2-3-4-5-6-7-9-13-10-8-12-11-13;/h11H,2-10H2,1H3;1H. The predicted molar refractivity (Wildman–Crippen MR) is 57.4 cm³/mol. The Hall–Kier alpha value is -0.0800. The molecule has 1 aliphatic heterocycles. The van der Waals surface area contributed by atoms with E-state index >= 15 is 0 Å². The van der Waals surface area contributed by atoms with Gasteiger partial charge in [0.05, 0.1) is 13.1 Å². The van der Waals surface area contributed by atoms with Crippen LogP contribution in [0, 0.1) is 0 Å². The van der Waals surface area contributed by atoms with Crippen LogP contribution in [-0.4, -0.2) is 26.0 Å². The van der Waals surface area contributed by atoms with Crippen molar-refractivity contribution < 1.29 is 17.3 Å². The lowest BCUT2D eigenvalue weighted by atomic mass is 10.1. The van der Waals surface area contributed by atoms with E-state index < -0.39 is 0 Å². The molecule has 1 aliphatic rings. The van der Waals surface area contributed by atoms with Crippen molar-refractivity contribution >= 4 is 6.34 Å². The van der Waals surface area contributed by atoms with Crippen molar-refractivity contribution in [3.63, 3.8) is 0 Å².